The van der Waals surface area contributed by atoms with Crippen molar-refractivity contribution in [1.29, 1.82) is 5.26 Å². The van der Waals surface area contributed by atoms with Crippen molar-refractivity contribution in [2.24, 2.45) is 0 Å². The molecule has 0 saturated carbocycles. The van der Waals surface area contributed by atoms with Crippen LogP contribution in [0.5, 0.6) is 0 Å². The fourth-order valence-electron chi connectivity index (χ4n) is 4.04. The van der Waals surface area contributed by atoms with Crippen LogP contribution in [-0.4, -0.2) is 48.7 Å². The molecule has 172 valence electrons. The Balaban J connectivity index is 1.49. The highest BCUT2D eigenvalue weighted by Gasteiger charge is 2.24. The predicted octanol–water partition coefficient (Wildman–Crippen LogP) is 3.56. The number of nitriles is 1. The summed E-state index contributed by atoms with van der Waals surface area (Å²) in [4.78, 5) is 16.9. The summed E-state index contributed by atoms with van der Waals surface area (Å²) < 4.78 is 9.76. The van der Waals surface area contributed by atoms with Crippen LogP contribution < -0.4 is 5.32 Å². The number of hydrogen-bond donors (Lipinski definition) is 1. The Hall–Kier alpha value is -3.16. The Bertz CT molecular complexity index is 1170. The van der Waals surface area contributed by atoms with Gasteiger partial charge in [0.1, 0.15) is 11.9 Å². The van der Waals surface area contributed by atoms with Crippen LogP contribution in [0.2, 0.25) is 0 Å². The van der Waals surface area contributed by atoms with E-state index in [4.69, 9.17) is 4.74 Å². The maximum Gasteiger partial charge on any atom is 0.235 e. The first-order valence-corrected chi connectivity index (χ1v) is 12.0. The molecule has 4 heterocycles. The summed E-state index contributed by atoms with van der Waals surface area (Å²) in [7, 11) is 0. The summed E-state index contributed by atoms with van der Waals surface area (Å²) in [6, 6.07) is 6.02. The second kappa shape index (κ2) is 10.2. The molecule has 0 radical (unpaired) electrons. The number of carbonyl (C=O) groups excluding carboxylic acids is 1. The van der Waals surface area contributed by atoms with E-state index >= 15 is 0 Å². The maximum atomic E-state index is 12.9. The van der Waals surface area contributed by atoms with Crippen LogP contribution in [0, 0.1) is 25.2 Å². The van der Waals surface area contributed by atoms with Gasteiger partial charge in [0, 0.05) is 36.8 Å². The van der Waals surface area contributed by atoms with Crippen molar-refractivity contribution >= 4 is 23.5 Å². The highest BCUT2D eigenvalue weighted by atomic mass is 32.2. The number of pyridine rings is 1. The van der Waals surface area contributed by atoms with Gasteiger partial charge in [0.2, 0.25) is 5.91 Å². The lowest BCUT2D eigenvalue weighted by Crippen LogP contribution is -2.22. The van der Waals surface area contributed by atoms with Gasteiger partial charge in [0.25, 0.3) is 0 Å². The van der Waals surface area contributed by atoms with Crippen LogP contribution >= 0.6 is 11.8 Å². The molecular weight excluding hydrogens is 438 g/mol. The number of ether oxygens (including phenoxy) is 1. The standard InChI is InChI=1S/C23H27N7O2S/c1-4-29-21(17-7-9-25-10-8-17)27-28-23(29)33-14-20(31)26-22-19(12-24)15(2)16(3)30(22)13-18-6-5-11-32-18/h7-10,18H,4-6,11,13-14H2,1-3H3,(H,26,31)/t18-/m0/s1. The summed E-state index contributed by atoms with van der Waals surface area (Å²) in [5.74, 6) is 1.25. The summed E-state index contributed by atoms with van der Waals surface area (Å²) in [5, 5.41) is 21.9. The minimum absolute atomic E-state index is 0.0989. The van der Waals surface area contributed by atoms with Gasteiger partial charge in [0.05, 0.1) is 24.0 Å². The number of nitrogens with zero attached hydrogens (tertiary/aromatic N) is 6. The minimum Gasteiger partial charge on any atom is -0.376 e. The zero-order valence-corrected chi connectivity index (χ0v) is 19.9. The molecule has 0 unspecified atom stereocenters. The largest absolute Gasteiger partial charge is 0.376 e. The Morgan fingerprint density at radius 3 is 2.76 bits per heavy atom. The van der Waals surface area contributed by atoms with Crippen molar-refractivity contribution in [3.63, 3.8) is 0 Å². The molecule has 3 aromatic rings. The van der Waals surface area contributed by atoms with E-state index in [2.05, 4.69) is 26.6 Å². The number of amides is 1. The van der Waals surface area contributed by atoms with Crippen molar-refractivity contribution in [3.8, 4) is 17.5 Å². The van der Waals surface area contributed by atoms with Crippen LogP contribution in [0.3, 0.4) is 0 Å². The van der Waals surface area contributed by atoms with Crippen molar-refractivity contribution in [1.82, 2.24) is 24.3 Å². The van der Waals surface area contributed by atoms with Gasteiger partial charge < -0.3 is 19.2 Å². The Morgan fingerprint density at radius 1 is 1.30 bits per heavy atom. The molecule has 0 aromatic carbocycles. The normalized spacial score (nSPS) is 15.5. The van der Waals surface area contributed by atoms with Gasteiger partial charge in [-0.2, -0.15) is 5.26 Å². The van der Waals surface area contributed by atoms with Crippen molar-refractivity contribution in [2.75, 3.05) is 17.7 Å². The van der Waals surface area contributed by atoms with E-state index in [-0.39, 0.29) is 17.8 Å². The lowest BCUT2D eigenvalue weighted by atomic mass is 10.2. The Morgan fingerprint density at radius 2 is 2.09 bits per heavy atom. The number of aromatic nitrogens is 5. The molecule has 1 saturated heterocycles. The summed E-state index contributed by atoms with van der Waals surface area (Å²) in [6.45, 7) is 7.95. The minimum atomic E-state index is -0.196. The predicted molar refractivity (Wildman–Crippen MR) is 126 cm³/mol. The molecule has 0 aliphatic carbocycles. The molecule has 1 amide bonds. The molecule has 4 rings (SSSR count). The highest BCUT2D eigenvalue weighted by molar-refractivity contribution is 7.99. The van der Waals surface area contributed by atoms with Gasteiger partial charge in [-0.25, -0.2) is 0 Å². The summed E-state index contributed by atoms with van der Waals surface area (Å²) in [6.07, 6.45) is 5.54. The van der Waals surface area contributed by atoms with Crippen molar-refractivity contribution in [3.05, 3.63) is 41.3 Å². The van der Waals surface area contributed by atoms with E-state index in [1.54, 1.807) is 12.4 Å². The number of nitrogens with one attached hydrogen (secondary N) is 1. The van der Waals surface area contributed by atoms with Gasteiger partial charge in [-0.1, -0.05) is 11.8 Å². The fraction of sp³-hybridized carbons (Fsp3) is 0.435. The topological polar surface area (TPSA) is 111 Å². The fourth-order valence-corrected chi connectivity index (χ4v) is 4.85. The number of hydrogen-bond acceptors (Lipinski definition) is 7. The van der Waals surface area contributed by atoms with E-state index in [1.165, 1.54) is 11.8 Å². The van der Waals surface area contributed by atoms with E-state index in [1.807, 2.05) is 42.0 Å². The lowest BCUT2D eigenvalue weighted by Gasteiger charge is -2.16. The third kappa shape index (κ3) is 4.79. The number of carbonyl (C=O) groups is 1. The first kappa shape index (κ1) is 23.0. The average molecular weight is 466 g/mol. The van der Waals surface area contributed by atoms with E-state index in [9.17, 15) is 10.1 Å². The van der Waals surface area contributed by atoms with Gasteiger partial charge in [0.15, 0.2) is 11.0 Å². The number of rotatable bonds is 8. The van der Waals surface area contributed by atoms with Crippen molar-refractivity contribution < 1.29 is 9.53 Å². The van der Waals surface area contributed by atoms with Crippen LogP contribution in [0.1, 0.15) is 36.6 Å². The van der Waals surface area contributed by atoms with Gasteiger partial charge in [-0.15, -0.1) is 10.2 Å². The molecule has 1 fully saturated rings. The molecule has 33 heavy (non-hydrogen) atoms. The van der Waals surface area contributed by atoms with Crippen LogP contribution in [0.4, 0.5) is 5.82 Å². The second-order valence-electron chi connectivity index (χ2n) is 7.91. The summed E-state index contributed by atoms with van der Waals surface area (Å²) >= 11 is 1.32. The SMILES string of the molecule is CCn1c(SCC(=O)Nc2c(C#N)c(C)c(C)n2C[C@@H]2CCCO2)nnc1-c1ccncc1. The lowest BCUT2D eigenvalue weighted by molar-refractivity contribution is -0.113. The first-order chi connectivity index (χ1) is 16.0. The highest BCUT2D eigenvalue weighted by Crippen LogP contribution is 2.29. The summed E-state index contributed by atoms with van der Waals surface area (Å²) in [5.41, 5.74) is 3.27. The molecule has 1 N–H and O–H groups in total. The average Bonchev–Trinajstić information content (AvgIpc) is 3.54. The number of anilines is 1. The van der Waals surface area contributed by atoms with E-state index in [0.717, 1.165) is 42.1 Å². The molecule has 10 heteroatoms. The molecule has 1 atom stereocenters. The quantitative estimate of drug-likeness (QED) is 0.506. The van der Waals surface area contributed by atoms with E-state index < -0.39 is 0 Å². The van der Waals surface area contributed by atoms with Crippen LogP contribution in [0.15, 0.2) is 29.7 Å². The Kier molecular flexibility index (Phi) is 7.11. The van der Waals surface area contributed by atoms with Gasteiger partial charge >= 0.3 is 0 Å². The van der Waals surface area contributed by atoms with Crippen LogP contribution in [0.25, 0.3) is 11.4 Å². The molecule has 0 spiro atoms. The van der Waals surface area contributed by atoms with Gasteiger partial charge in [-0.3, -0.25) is 9.78 Å². The van der Waals surface area contributed by atoms with Crippen molar-refractivity contribution in [2.45, 2.75) is 58.0 Å². The number of thioether (sulfide) groups is 1. The second-order valence-corrected chi connectivity index (χ2v) is 8.86. The Labute approximate surface area is 197 Å². The zero-order chi connectivity index (χ0) is 23.4. The van der Waals surface area contributed by atoms with Crippen LogP contribution in [-0.2, 0) is 22.6 Å². The molecule has 9 nitrogen and oxygen atoms in total. The smallest absolute Gasteiger partial charge is 0.235 e. The zero-order valence-electron chi connectivity index (χ0n) is 19.0. The van der Waals surface area contributed by atoms with E-state index in [0.29, 0.717) is 29.6 Å². The first-order valence-electron chi connectivity index (χ1n) is 11.0. The molecule has 1 aliphatic heterocycles. The third-order valence-corrected chi connectivity index (χ3v) is 6.88. The maximum absolute atomic E-state index is 12.9. The molecule has 1 aliphatic rings. The molecule has 0 bridgehead atoms. The monoisotopic (exact) mass is 465 g/mol. The molecular formula is C23H27N7O2S. The molecule has 3 aromatic heterocycles. The third-order valence-electron chi connectivity index (χ3n) is 5.91. The van der Waals surface area contributed by atoms with Gasteiger partial charge in [-0.05, 0) is 51.3 Å².